The number of hydrogen-bond donors (Lipinski definition) is 0. The summed E-state index contributed by atoms with van der Waals surface area (Å²) in [5, 5.41) is 0. The highest BCUT2D eigenvalue weighted by Crippen LogP contribution is 2.16. The summed E-state index contributed by atoms with van der Waals surface area (Å²) in [7, 11) is 0. The highest BCUT2D eigenvalue weighted by Gasteiger charge is 2.19. The predicted molar refractivity (Wildman–Crippen MR) is 224 cm³/mol. The zero-order valence-corrected chi connectivity index (χ0v) is 36.0. The molecule has 0 aliphatic heterocycles. The van der Waals surface area contributed by atoms with Crippen LogP contribution in [0.15, 0.2) is 0 Å². The molecule has 314 valence electrons. The van der Waals surface area contributed by atoms with Gasteiger partial charge in [0.1, 0.15) is 13.2 Å². The van der Waals surface area contributed by atoms with Gasteiger partial charge in [-0.15, -0.1) is 0 Å². The lowest BCUT2D eigenvalue weighted by Crippen LogP contribution is -2.30. The Balaban J connectivity index is 4.11. The molecule has 6 nitrogen and oxygen atoms in total. The topological polar surface area (TPSA) is 78.9 Å². The van der Waals surface area contributed by atoms with Gasteiger partial charge in [-0.25, -0.2) is 0 Å². The molecule has 0 amide bonds. The zero-order valence-electron chi connectivity index (χ0n) is 36.0. The minimum Gasteiger partial charge on any atom is -0.462 e. The van der Waals surface area contributed by atoms with Crippen LogP contribution in [0, 0.1) is 5.92 Å². The van der Waals surface area contributed by atoms with Crippen LogP contribution in [0.1, 0.15) is 259 Å². The standard InChI is InChI=1S/C47H90O6/c1-5-7-9-11-12-13-14-15-16-17-18-21-24-27-31-34-38-45(48)51-41-44(53-47(50)40-36-29-10-8-6-2)42-52-46(49)39-35-32-28-25-22-19-20-23-26-30-33-37-43(3)4/h43-44H,5-42H2,1-4H3/t44-/m1/s1. The van der Waals surface area contributed by atoms with E-state index in [-0.39, 0.29) is 31.1 Å². The molecular weight excluding hydrogens is 661 g/mol. The first-order valence-corrected chi connectivity index (χ1v) is 23.4. The summed E-state index contributed by atoms with van der Waals surface area (Å²) >= 11 is 0. The summed E-state index contributed by atoms with van der Waals surface area (Å²) in [6, 6.07) is 0. The number of rotatable bonds is 42. The first kappa shape index (κ1) is 51.4. The van der Waals surface area contributed by atoms with Gasteiger partial charge >= 0.3 is 17.9 Å². The van der Waals surface area contributed by atoms with Gasteiger partial charge < -0.3 is 14.2 Å². The molecule has 0 aliphatic rings. The maximum atomic E-state index is 12.5. The Morgan fingerprint density at radius 3 is 0.925 bits per heavy atom. The molecule has 0 aromatic heterocycles. The van der Waals surface area contributed by atoms with Crippen LogP contribution < -0.4 is 0 Å². The van der Waals surface area contributed by atoms with Crippen LogP contribution in [0.3, 0.4) is 0 Å². The molecule has 0 radical (unpaired) electrons. The Kier molecular flexibility index (Phi) is 40.3. The van der Waals surface area contributed by atoms with E-state index in [2.05, 4.69) is 27.7 Å². The Morgan fingerprint density at radius 2 is 0.623 bits per heavy atom. The molecule has 0 saturated carbocycles. The Morgan fingerprint density at radius 1 is 0.358 bits per heavy atom. The number of unbranched alkanes of at least 4 members (excludes halogenated alkanes) is 29. The van der Waals surface area contributed by atoms with E-state index in [1.165, 1.54) is 148 Å². The average Bonchev–Trinajstić information content (AvgIpc) is 3.14. The summed E-state index contributed by atoms with van der Waals surface area (Å²) in [6.45, 7) is 8.92. The summed E-state index contributed by atoms with van der Waals surface area (Å²) in [5.74, 6) is -0.0399. The Labute approximate surface area is 329 Å². The van der Waals surface area contributed by atoms with Crippen LogP contribution in [0.4, 0.5) is 0 Å². The van der Waals surface area contributed by atoms with Crippen LogP contribution in [-0.4, -0.2) is 37.2 Å². The number of carbonyl (C=O) groups is 3. The highest BCUT2D eigenvalue weighted by molar-refractivity contribution is 5.71. The molecule has 0 bridgehead atoms. The first-order valence-electron chi connectivity index (χ1n) is 23.4. The van der Waals surface area contributed by atoms with Gasteiger partial charge in [-0.05, 0) is 25.2 Å². The van der Waals surface area contributed by atoms with Crippen molar-refractivity contribution in [2.24, 2.45) is 5.92 Å². The molecule has 6 heteroatoms. The molecule has 0 aromatic rings. The van der Waals surface area contributed by atoms with Gasteiger partial charge in [-0.3, -0.25) is 14.4 Å². The summed E-state index contributed by atoms with van der Waals surface area (Å²) in [6.07, 6.45) is 41.2. The van der Waals surface area contributed by atoms with E-state index in [0.29, 0.717) is 19.3 Å². The molecule has 0 rings (SSSR count). The van der Waals surface area contributed by atoms with Crippen molar-refractivity contribution >= 4 is 17.9 Å². The van der Waals surface area contributed by atoms with Crippen molar-refractivity contribution in [2.45, 2.75) is 265 Å². The SMILES string of the molecule is CCCCCCCCCCCCCCCCCCC(=O)OC[C@H](COC(=O)CCCCCCCCCCCCCC(C)C)OC(=O)CCCCCCC. The third-order valence-corrected chi connectivity index (χ3v) is 10.5. The number of hydrogen-bond acceptors (Lipinski definition) is 6. The number of ether oxygens (including phenoxy) is 3. The minimum atomic E-state index is -0.757. The molecule has 0 saturated heterocycles. The van der Waals surface area contributed by atoms with Crippen LogP contribution in [0.5, 0.6) is 0 Å². The van der Waals surface area contributed by atoms with Gasteiger partial charge in [0.15, 0.2) is 6.10 Å². The molecule has 0 heterocycles. The smallest absolute Gasteiger partial charge is 0.306 e. The largest absolute Gasteiger partial charge is 0.462 e. The fourth-order valence-corrected chi connectivity index (χ4v) is 6.98. The van der Waals surface area contributed by atoms with E-state index in [4.69, 9.17) is 14.2 Å². The van der Waals surface area contributed by atoms with Gasteiger partial charge in [0.2, 0.25) is 0 Å². The monoisotopic (exact) mass is 751 g/mol. The highest BCUT2D eigenvalue weighted by atomic mass is 16.6. The van der Waals surface area contributed by atoms with E-state index in [1.807, 2.05) is 0 Å². The third-order valence-electron chi connectivity index (χ3n) is 10.5. The molecule has 1 atom stereocenters. The number of esters is 3. The lowest BCUT2D eigenvalue weighted by Gasteiger charge is -2.18. The zero-order chi connectivity index (χ0) is 38.9. The quantitative estimate of drug-likeness (QED) is 0.0351. The molecule has 0 aliphatic carbocycles. The maximum Gasteiger partial charge on any atom is 0.306 e. The summed E-state index contributed by atoms with van der Waals surface area (Å²) in [4.78, 5) is 37.5. The molecule has 0 N–H and O–H groups in total. The van der Waals surface area contributed by atoms with E-state index in [1.54, 1.807) is 0 Å². The minimum absolute atomic E-state index is 0.0650. The normalized spacial score (nSPS) is 11.9. The van der Waals surface area contributed by atoms with Crippen molar-refractivity contribution in [3.8, 4) is 0 Å². The number of carbonyl (C=O) groups excluding carboxylic acids is 3. The van der Waals surface area contributed by atoms with Crippen LogP contribution in [0.25, 0.3) is 0 Å². The molecule has 0 aromatic carbocycles. The second-order valence-corrected chi connectivity index (χ2v) is 16.5. The van der Waals surface area contributed by atoms with Gasteiger partial charge in [0.25, 0.3) is 0 Å². The van der Waals surface area contributed by atoms with Crippen LogP contribution >= 0.6 is 0 Å². The predicted octanol–water partition coefficient (Wildman–Crippen LogP) is 14.7. The summed E-state index contributed by atoms with van der Waals surface area (Å²) < 4.78 is 16.6. The lowest BCUT2D eigenvalue weighted by atomic mass is 10.0. The van der Waals surface area contributed by atoms with Crippen molar-refractivity contribution in [3.63, 3.8) is 0 Å². The second-order valence-electron chi connectivity index (χ2n) is 16.5. The van der Waals surface area contributed by atoms with Crippen molar-refractivity contribution in [1.82, 2.24) is 0 Å². The van der Waals surface area contributed by atoms with Gasteiger partial charge in [0, 0.05) is 19.3 Å². The second kappa shape index (κ2) is 41.6. The molecule has 0 unspecified atom stereocenters. The molecule has 53 heavy (non-hydrogen) atoms. The Hall–Kier alpha value is -1.59. The van der Waals surface area contributed by atoms with Crippen molar-refractivity contribution < 1.29 is 28.6 Å². The fourth-order valence-electron chi connectivity index (χ4n) is 6.98. The molecule has 0 spiro atoms. The van der Waals surface area contributed by atoms with Crippen LogP contribution in [0.2, 0.25) is 0 Å². The summed E-state index contributed by atoms with van der Waals surface area (Å²) in [5.41, 5.74) is 0. The lowest BCUT2D eigenvalue weighted by molar-refractivity contribution is -0.167. The van der Waals surface area contributed by atoms with Crippen molar-refractivity contribution in [2.75, 3.05) is 13.2 Å². The third kappa shape index (κ3) is 41.4. The van der Waals surface area contributed by atoms with Crippen LogP contribution in [-0.2, 0) is 28.6 Å². The first-order chi connectivity index (χ1) is 25.9. The van der Waals surface area contributed by atoms with E-state index < -0.39 is 6.10 Å². The van der Waals surface area contributed by atoms with E-state index in [0.717, 1.165) is 70.1 Å². The molecule has 0 fully saturated rings. The van der Waals surface area contributed by atoms with Crippen molar-refractivity contribution in [1.29, 1.82) is 0 Å². The van der Waals surface area contributed by atoms with Gasteiger partial charge in [-0.2, -0.15) is 0 Å². The average molecular weight is 751 g/mol. The van der Waals surface area contributed by atoms with E-state index >= 15 is 0 Å². The van der Waals surface area contributed by atoms with E-state index in [9.17, 15) is 14.4 Å². The Bertz CT molecular complexity index is 796. The van der Waals surface area contributed by atoms with Gasteiger partial charge in [0.05, 0.1) is 0 Å². The van der Waals surface area contributed by atoms with Crippen molar-refractivity contribution in [3.05, 3.63) is 0 Å². The maximum absolute atomic E-state index is 12.5. The van der Waals surface area contributed by atoms with Gasteiger partial charge in [-0.1, -0.05) is 220 Å². The molecular formula is C47H90O6. The fraction of sp³-hybridized carbons (Fsp3) is 0.936.